The maximum absolute atomic E-state index is 14.0. The van der Waals surface area contributed by atoms with Crippen LogP contribution in [0.4, 0.5) is 5.69 Å². The van der Waals surface area contributed by atoms with Crippen LogP contribution in [0.3, 0.4) is 0 Å². The van der Waals surface area contributed by atoms with Crippen LogP contribution < -0.4 is 10.6 Å². The molecule has 3 saturated heterocycles. The number of fused-ring (bicyclic) bond motifs is 1. The maximum Gasteiger partial charge on any atom is 0.250 e. The quantitative estimate of drug-likeness (QED) is 0.277. The predicted molar refractivity (Wildman–Crippen MR) is 151 cm³/mol. The molecule has 3 fully saturated rings. The minimum absolute atomic E-state index is 0.0654. The number of ether oxygens (including phenoxy) is 1. The van der Waals surface area contributed by atoms with E-state index in [0.29, 0.717) is 49.5 Å². The number of carbonyl (C=O) groups is 3. The van der Waals surface area contributed by atoms with Crippen molar-refractivity contribution in [2.24, 2.45) is 11.8 Å². The Balaban J connectivity index is 1.45. The number of para-hydroxylation sites is 1. The molecule has 0 radical (unpaired) electrons. The maximum atomic E-state index is 14.0. The lowest BCUT2D eigenvalue weighted by Crippen LogP contribution is -2.54. The Hall–Kier alpha value is -2.46. The van der Waals surface area contributed by atoms with E-state index in [9.17, 15) is 19.5 Å². The number of halogens is 2. The molecule has 39 heavy (non-hydrogen) atoms. The minimum atomic E-state index is -1.14. The zero-order valence-corrected chi connectivity index (χ0v) is 24.1. The molecule has 0 aromatic heterocycles. The van der Waals surface area contributed by atoms with Crippen molar-refractivity contribution < 1.29 is 24.2 Å². The van der Waals surface area contributed by atoms with Crippen LogP contribution in [0, 0.1) is 18.8 Å². The van der Waals surface area contributed by atoms with Gasteiger partial charge in [0, 0.05) is 24.5 Å². The third-order valence-electron chi connectivity index (χ3n) is 8.18. The smallest absolute Gasteiger partial charge is 0.250 e. The second-order valence-corrected chi connectivity index (χ2v) is 12.2. The van der Waals surface area contributed by atoms with Gasteiger partial charge in [-0.1, -0.05) is 70.0 Å². The minimum Gasteiger partial charge on any atom is -0.396 e. The molecule has 2 aromatic carbocycles. The van der Waals surface area contributed by atoms with E-state index in [4.69, 9.17) is 16.3 Å². The Labute approximate surface area is 241 Å². The third kappa shape index (κ3) is 5.10. The number of aliphatic hydroxyl groups is 1. The summed E-state index contributed by atoms with van der Waals surface area (Å²) in [5, 5.41) is 15.6. The summed E-state index contributed by atoms with van der Waals surface area (Å²) in [7, 11) is 0. The number of unbranched alkanes of at least 4 members (excludes halogenated alkanes) is 2. The van der Waals surface area contributed by atoms with Crippen molar-refractivity contribution in [3.8, 4) is 0 Å². The van der Waals surface area contributed by atoms with Crippen molar-refractivity contribution in [1.82, 2.24) is 10.2 Å². The van der Waals surface area contributed by atoms with E-state index in [1.807, 2.05) is 49.4 Å². The van der Waals surface area contributed by atoms with E-state index in [-0.39, 0.29) is 29.2 Å². The molecule has 3 unspecified atom stereocenters. The van der Waals surface area contributed by atoms with E-state index >= 15 is 0 Å². The summed E-state index contributed by atoms with van der Waals surface area (Å²) >= 11 is 10.1. The second kappa shape index (κ2) is 11.6. The van der Waals surface area contributed by atoms with Gasteiger partial charge in [-0.15, -0.1) is 0 Å². The highest BCUT2D eigenvalue weighted by Gasteiger charge is 2.76. The van der Waals surface area contributed by atoms with Crippen molar-refractivity contribution in [1.29, 1.82) is 0 Å². The number of rotatable bonds is 10. The molecule has 3 heterocycles. The molecule has 10 heteroatoms. The van der Waals surface area contributed by atoms with Gasteiger partial charge in [0.1, 0.15) is 11.6 Å². The van der Waals surface area contributed by atoms with Gasteiger partial charge in [-0.2, -0.15) is 0 Å². The van der Waals surface area contributed by atoms with Gasteiger partial charge in [-0.25, -0.2) is 0 Å². The second-order valence-electron chi connectivity index (χ2n) is 10.6. The fraction of sp³-hybridized carbons (Fsp3) is 0.483. The molecule has 2 bridgehead atoms. The number of aryl methyl sites for hydroxylation is 1. The Bertz CT molecular complexity index is 1230. The molecule has 5 rings (SSSR count). The lowest BCUT2D eigenvalue weighted by Gasteiger charge is -2.34. The summed E-state index contributed by atoms with van der Waals surface area (Å²) in [6.45, 7) is 2.59. The summed E-state index contributed by atoms with van der Waals surface area (Å²) < 4.78 is 6.54. The number of carbonyl (C=O) groups excluding carboxylic acids is 3. The molecule has 3 aliphatic rings. The average molecular weight is 619 g/mol. The number of nitrogens with one attached hydrogen (secondary N) is 2. The molecule has 3 N–H and O–H groups in total. The Kier molecular flexibility index (Phi) is 8.33. The van der Waals surface area contributed by atoms with Crippen LogP contribution in [0.25, 0.3) is 0 Å². The summed E-state index contributed by atoms with van der Waals surface area (Å²) in [5.74, 6) is -2.37. The number of benzene rings is 2. The molecule has 2 aromatic rings. The molecule has 1 spiro atoms. The first-order valence-electron chi connectivity index (χ1n) is 13.4. The van der Waals surface area contributed by atoms with Crippen molar-refractivity contribution in [3.63, 3.8) is 0 Å². The topological polar surface area (TPSA) is 108 Å². The first-order chi connectivity index (χ1) is 18.8. The van der Waals surface area contributed by atoms with E-state index in [1.54, 1.807) is 11.0 Å². The highest BCUT2D eigenvalue weighted by Crippen LogP contribution is 2.60. The Morgan fingerprint density at radius 2 is 1.90 bits per heavy atom. The predicted octanol–water partition coefficient (Wildman–Crippen LogP) is 3.81. The lowest BCUT2D eigenvalue weighted by molar-refractivity contribution is -0.140. The standard InChI is InChI=1S/C29H33BrClN3O5/c1-17-9-8-12-20(31)23(17)33-27(37)25-29-15-19(30)24(39-29)21(26(36)32-16-18-10-4-2-5-11-18)22(29)28(38)34(25)13-6-3-7-14-35/h2,4-5,8-12,19,21-22,24-25,35H,3,6-7,13-16H2,1H3,(H,32,36)(H,33,37)/t19?,21-,22+,24-,25?,29?/m1/s1. The van der Waals surface area contributed by atoms with Crippen molar-refractivity contribution in [2.75, 3.05) is 18.5 Å². The van der Waals surface area contributed by atoms with Gasteiger partial charge in [0.2, 0.25) is 17.7 Å². The van der Waals surface area contributed by atoms with Crippen LogP contribution in [0.5, 0.6) is 0 Å². The average Bonchev–Trinajstić information content (AvgIpc) is 3.51. The zero-order chi connectivity index (χ0) is 27.7. The summed E-state index contributed by atoms with van der Waals surface area (Å²) in [6.07, 6.45) is 1.85. The summed E-state index contributed by atoms with van der Waals surface area (Å²) in [6, 6.07) is 14.0. The van der Waals surface area contributed by atoms with E-state index in [2.05, 4.69) is 26.6 Å². The van der Waals surface area contributed by atoms with Gasteiger partial charge >= 0.3 is 0 Å². The van der Waals surface area contributed by atoms with Crippen LogP contribution in [-0.2, 0) is 25.7 Å². The normalized spacial score (nSPS) is 29.0. The number of hydrogen-bond donors (Lipinski definition) is 3. The molecule has 3 amide bonds. The van der Waals surface area contributed by atoms with Crippen LogP contribution in [0.2, 0.25) is 5.02 Å². The largest absolute Gasteiger partial charge is 0.396 e. The van der Waals surface area contributed by atoms with Crippen molar-refractivity contribution in [3.05, 3.63) is 64.7 Å². The highest BCUT2D eigenvalue weighted by molar-refractivity contribution is 9.09. The zero-order valence-electron chi connectivity index (χ0n) is 21.7. The Morgan fingerprint density at radius 1 is 1.13 bits per heavy atom. The number of nitrogens with zero attached hydrogens (tertiary/aromatic N) is 1. The molecular formula is C29H33BrClN3O5. The van der Waals surface area contributed by atoms with Gasteiger partial charge in [-0.05, 0) is 49.8 Å². The lowest BCUT2D eigenvalue weighted by atomic mass is 9.70. The van der Waals surface area contributed by atoms with Crippen LogP contribution in [0.15, 0.2) is 48.5 Å². The van der Waals surface area contributed by atoms with E-state index < -0.39 is 29.6 Å². The van der Waals surface area contributed by atoms with E-state index in [0.717, 1.165) is 11.1 Å². The third-order valence-corrected chi connectivity index (χ3v) is 9.34. The van der Waals surface area contributed by atoms with Crippen LogP contribution in [-0.4, -0.2) is 63.5 Å². The number of amides is 3. The van der Waals surface area contributed by atoms with Gasteiger partial charge in [0.05, 0.1) is 28.6 Å². The van der Waals surface area contributed by atoms with Crippen LogP contribution in [0.1, 0.15) is 36.8 Å². The van der Waals surface area contributed by atoms with Crippen molar-refractivity contribution >= 4 is 50.9 Å². The van der Waals surface area contributed by atoms with E-state index in [1.165, 1.54) is 0 Å². The van der Waals surface area contributed by atoms with Gasteiger partial charge < -0.3 is 25.4 Å². The monoisotopic (exact) mass is 617 g/mol. The number of likely N-dealkylation sites (tertiary alicyclic amines) is 1. The first kappa shape index (κ1) is 28.1. The molecular weight excluding hydrogens is 586 g/mol. The van der Waals surface area contributed by atoms with Crippen molar-refractivity contribution in [2.45, 2.75) is 61.7 Å². The number of aliphatic hydroxyl groups excluding tert-OH is 1. The molecule has 3 aliphatic heterocycles. The number of hydrogen-bond acceptors (Lipinski definition) is 5. The summed E-state index contributed by atoms with van der Waals surface area (Å²) in [4.78, 5) is 43.0. The molecule has 0 saturated carbocycles. The number of alkyl halides is 1. The Morgan fingerprint density at radius 3 is 2.62 bits per heavy atom. The van der Waals surface area contributed by atoms with Crippen LogP contribution >= 0.6 is 27.5 Å². The van der Waals surface area contributed by atoms with Gasteiger partial charge in [0.15, 0.2) is 0 Å². The molecule has 6 atom stereocenters. The van der Waals surface area contributed by atoms with Gasteiger partial charge in [0.25, 0.3) is 0 Å². The summed E-state index contributed by atoms with van der Waals surface area (Å²) in [5.41, 5.74) is 1.12. The fourth-order valence-corrected chi connectivity index (χ4v) is 7.64. The fourth-order valence-electron chi connectivity index (χ4n) is 6.43. The number of anilines is 1. The first-order valence-corrected chi connectivity index (χ1v) is 14.7. The van der Waals surface area contributed by atoms with Gasteiger partial charge in [-0.3, -0.25) is 14.4 Å². The highest BCUT2D eigenvalue weighted by atomic mass is 79.9. The molecule has 8 nitrogen and oxygen atoms in total. The molecule has 0 aliphatic carbocycles. The molecule has 208 valence electrons. The SMILES string of the molecule is Cc1cccc(Cl)c1NC(=O)C1N(CCCCCO)C(=O)[C@@H]2[C@@H](C(=O)NCc3ccccc3)[C@@H]3OC12CC3Br.